The third kappa shape index (κ3) is 4.82. The maximum absolute atomic E-state index is 5.25. The van der Waals surface area contributed by atoms with Gasteiger partial charge in [-0.2, -0.15) is 0 Å². The van der Waals surface area contributed by atoms with Crippen molar-refractivity contribution in [1.82, 2.24) is 9.97 Å². The molecule has 0 saturated heterocycles. The van der Waals surface area contributed by atoms with Crippen LogP contribution in [0.5, 0.6) is 0 Å². The van der Waals surface area contributed by atoms with Crippen LogP contribution in [-0.2, 0) is 5.41 Å². The highest BCUT2D eigenvalue weighted by molar-refractivity contribution is 5.97. The molecular formula is C53H34N2. The van der Waals surface area contributed by atoms with Gasteiger partial charge in [-0.3, -0.25) is 0 Å². The summed E-state index contributed by atoms with van der Waals surface area (Å²) in [5.74, 6) is 0.710. The predicted molar refractivity (Wildman–Crippen MR) is 226 cm³/mol. The maximum atomic E-state index is 5.25. The monoisotopic (exact) mass is 698 g/mol. The molecule has 1 heterocycles. The molecule has 2 aliphatic carbocycles. The molecule has 0 bridgehead atoms. The Labute approximate surface area is 321 Å². The second-order valence-electron chi connectivity index (χ2n) is 14.5. The lowest BCUT2D eigenvalue weighted by Crippen LogP contribution is -2.29. The van der Waals surface area contributed by atoms with Crippen LogP contribution in [0.3, 0.4) is 0 Å². The molecule has 1 spiro atoms. The van der Waals surface area contributed by atoms with Gasteiger partial charge in [0.25, 0.3) is 0 Å². The van der Waals surface area contributed by atoms with Crippen molar-refractivity contribution >= 4 is 0 Å². The van der Waals surface area contributed by atoms with Gasteiger partial charge in [-0.25, -0.2) is 9.97 Å². The van der Waals surface area contributed by atoms with Crippen LogP contribution < -0.4 is 0 Å². The van der Waals surface area contributed by atoms with Crippen molar-refractivity contribution in [2.75, 3.05) is 0 Å². The minimum absolute atomic E-state index is 0.511. The number of rotatable bonds is 4. The number of hydrogen-bond acceptors (Lipinski definition) is 2. The van der Waals surface area contributed by atoms with Gasteiger partial charge in [-0.15, -0.1) is 0 Å². The molecule has 0 amide bonds. The molecule has 11 rings (SSSR count). The average molecular weight is 699 g/mol. The average Bonchev–Trinajstić information content (AvgIpc) is 3.51. The highest BCUT2D eigenvalue weighted by Gasteiger charge is 2.49. The zero-order valence-corrected chi connectivity index (χ0v) is 30.0. The van der Waals surface area contributed by atoms with E-state index in [0.717, 1.165) is 28.1 Å². The highest BCUT2D eigenvalue weighted by Crippen LogP contribution is 2.61. The van der Waals surface area contributed by atoms with Gasteiger partial charge in [-0.1, -0.05) is 194 Å². The van der Waals surface area contributed by atoms with E-state index in [9.17, 15) is 0 Å². The normalized spacial score (nSPS) is 12.9. The van der Waals surface area contributed by atoms with E-state index < -0.39 is 5.41 Å². The van der Waals surface area contributed by atoms with Gasteiger partial charge in [0.05, 0.1) is 16.8 Å². The number of benzene rings is 8. The number of aromatic nitrogens is 2. The van der Waals surface area contributed by atoms with E-state index in [2.05, 4.69) is 188 Å². The molecule has 2 heteroatoms. The first-order chi connectivity index (χ1) is 27.3. The van der Waals surface area contributed by atoms with E-state index in [1.807, 2.05) is 18.2 Å². The summed E-state index contributed by atoms with van der Waals surface area (Å²) >= 11 is 0. The zero-order chi connectivity index (χ0) is 36.3. The first kappa shape index (κ1) is 31.4. The van der Waals surface area contributed by atoms with Crippen molar-refractivity contribution in [3.63, 3.8) is 0 Å². The van der Waals surface area contributed by atoms with Crippen LogP contribution in [0, 0.1) is 0 Å². The minimum Gasteiger partial charge on any atom is -0.228 e. The van der Waals surface area contributed by atoms with Crippen molar-refractivity contribution in [1.29, 1.82) is 0 Å². The smallest absolute Gasteiger partial charge is 0.160 e. The Morgan fingerprint density at radius 1 is 0.255 bits per heavy atom. The SMILES string of the molecule is c1ccc(-c2ccc(-c3cc(-c4ccc5c(c4)-c4ccccc4C54c5ccccc5-c5ccccc5-c5ccccc54)nc(-c4ccccc4)n3)cc2)cc1. The molecule has 256 valence electrons. The van der Waals surface area contributed by atoms with Gasteiger partial charge in [0.15, 0.2) is 5.82 Å². The Morgan fingerprint density at radius 2 is 0.636 bits per heavy atom. The van der Waals surface area contributed by atoms with Crippen molar-refractivity contribution in [2.45, 2.75) is 5.41 Å². The van der Waals surface area contributed by atoms with E-state index in [1.165, 1.54) is 66.8 Å². The highest BCUT2D eigenvalue weighted by atomic mass is 14.9. The molecule has 8 aromatic carbocycles. The van der Waals surface area contributed by atoms with Crippen LogP contribution in [0.1, 0.15) is 22.3 Å². The second kappa shape index (κ2) is 12.5. The molecule has 0 atom stereocenters. The Kier molecular flexibility index (Phi) is 7.11. The lowest BCUT2D eigenvalue weighted by Gasteiger charge is -2.35. The molecule has 0 N–H and O–H groups in total. The topological polar surface area (TPSA) is 25.8 Å². The fourth-order valence-electron chi connectivity index (χ4n) is 9.14. The molecule has 1 aromatic heterocycles. The summed E-state index contributed by atoms with van der Waals surface area (Å²) in [5.41, 5.74) is 19.5. The van der Waals surface area contributed by atoms with E-state index in [0.29, 0.717) is 5.82 Å². The Balaban J connectivity index is 1.13. The van der Waals surface area contributed by atoms with E-state index in [4.69, 9.17) is 9.97 Å². The molecular weight excluding hydrogens is 665 g/mol. The van der Waals surface area contributed by atoms with Crippen LogP contribution in [0.25, 0.3) is 78.4 Å². The summed E-state index contributed by atoms with van der Waals surface area (Å²) in [4.78, 5) is 10.4. The first-order valence-electron chi connectivity index (χ1n) is 18.9. The Morgan fingerprint density at radius 3 is 1.20 bits per heavy atom. The summed E-state index contributed by atoms with van der Waals surface area (Å²) in [6.07, 6.45) is 0. The van der Waals surface area contributed by atoms with Gasteiger partial charge in [-0.05, 0) is 78.9 Å². The molecule has 55 heavy (non-hydrogen) atoms. The molecule has 0 saturated carbocycles. The molecule has 0 aliphatic heterocycles. The number of nitrogens with zero attached hydrogens (tertiary/aromatic N) is 2. The molecule has 0 unspecified atom stereocenters. The molecule has 0 fully saturated rings. The zero-order valence-electron chi connectivity index (χ0n) is 30.0. The predicted octanol–water partition coefficient (Wildman–Crippen LogP) is 13.2. The van der Waals surface area contributed by atoms with Crippen LogP contribution >= 0.6 is 0 Å². The van der Waals surface area contributed by atoms with Gasteiger partial charge in [0.2, 0.25) is 0 Å². The molecule has 2 nitrogen and oxygen atoms in total. The van der Waals surface area contributed by atoms with Crippen LogP contribution in [0.15, 0.2) is 206 Å². The van der Waals surface area contributed by atoms with Gasteiger partial charge < -0.3 is 0 Å². The van der Waals surface area contributed by atoms with Crippen molar-refractivity contribution in [2.24, 2.45) is 0 Å². The van der Waals surface area contributed by atoms with E-state index in [1.54, 1.807) is 0 Å². The molecule has 9 aromatic rings. The third-order valence-electron chi connectivity index (χ3n) is 11.6. The summed E-state index contributed by atoms with van der Waals surface area (Å²) in [6.45, 7) is 0. The molecule has 2 aliphatic rings. The number of hydrogen-bond donors (Lipinski definition) is 0. The third-order valence-corrected chi connectivity index (χ3v) is 11.6. The maximum Gasteiger partial charge on any atom is 0.160 e. The van der Waals surface area contributed by atoms with Gasteiger partial charge >= 0.3 is 0 Å². The lowest BCUT2D eigenvalue weighted by atomic mass is 9.66. The van der Waals surface area contributed by atoms with Crippen molar-refractivity contribution < 1.29 is 0 Å². The summed E-state index contributed by atoms with van der Waals surface area (Å²) in [7, 11) is 0. The van der Waals surface area contributed by atoms with Gasteiger partial charge in [0.1, 0.15) is 0 Å². The van der Waals surface area contributed by atoms with E-state index in [-0.39, 0.29) is 0 Å². The first-order valence-corrected chi connectivity index (χ1v) is 18.9. The largest absolute Gasteiger partial charge is 0.228 e. The van der Waals surface area contributed by atoms with Crippen molar-refractivity contribution in [3.8, 4) is 78.4 Å². The lowest BCUT2D eigenvalue weighted by molar-refractivity contribution is 0.775. The van der Waals surface area contributed by atoms with Crippen LogP contribution in [0.4, 0.5) is 0 Å². The molecule has 0 radical (unpaired) electrons. The van der Waals surface area contributed by atoms with E-state index >= 15 is 0 Å². The fraction of sp³-hybridized carbons (Fsp3) is 0.0189. The minimum atomic E-state index is -0.511. The summed E-state index contributed by atoms with van der Waals surface area (Å²) < 4.78 is 0. The quantitative estimate of drug-likeness (QED) is 0.183. The van der Waals surface area contributed by atoms with Gasteiger partial charge in [0, 0.05) is 16.7 Å². The standard InChI is InChI=1S/C53H34N2/c1-3-15-35(16-4-1)36-27-29-37(30-28-36)50-34-51(55-52(54-50)38-17-5-2-6-18-38)39-31-32-49-45(33-39)44-23-11-14-26-48(44)53(49)46-24-12-9-21-42(46)40-19-7-8-20-41(40)43-22-10-13-25-47(43)53/h1-34H. The Bertz CT molecular complexity index is 2840. The van der Waals surface area contributed by atoms with Crippen LogP contribution in [0.2, 0.25) is 0 Å². The Hall–Kier alpha value is -7.16. The fourth-order valence-corrected chi connectivity index (χ4v) is 9.14. The van der Waals surface area contributed by atoms with Crippen molar-refractivity contribution in [3.05, 3.63) is 229 Å². The van der Waals surface area contributed by atoms with Crippen LogP contribution in [-0.4, -0.2) is 9.97 Å². The number of fused-ring (bicyclic) bond motifs is 12. The second-order valence-corrected chi connectivity index (χ2v) is 14.5. The summed E-state index contributed by atoms with van der Waals surface area (Å²) in [5, 5.41) is 0. The summed E-state index contributed by atoms with van der Waals surface area (Å²) in [6, 6.07) is 74.6.